The first-order valence-electron chi connectivity index (χ1n) is 4.65. The number of aliphatic hydroxyl groups is 1. The van der Waals surface area contributed by atoms with Crippen molar-refractivity contribution in [3.8, 4) is 0 Å². The van der Waals surface area contributed by atoms with Crippen LogP contribution in [0, 0.1) is 0 Å². The summed E-state index contributed by atoms with van der Waals surface area (Å²) in [7, 11) is 0. The van der Waals surface area contributed by atoms with Crippen molar-refractivity contribution < 1.29 is 5.11 Å². The molecule has 0 radical (unpaired) electrons. The van der Waals surface area contributed by atoms with Crippen LogP contribution in [0.2, 0.25) is 0 Å². The molecule has 0 amide bonds. The number of thiazole rings is 1. The number of rotatable bonds is 3. The van der Waals surface area contributed by atoms with Crippen LogP contribution in [-0.2, 0) is 0 Å². The highest BCUT2D eigenvalue weighted by atomic mass is 79.9. The molecule has 0 fully saturated rings. The van der Waals surface area contributed by atoms with Gasteiger partial charge in [-0.05, 0) is 31.2 Å². The average molecular weight is 287 g/mol. The molecule has 0 aliphatic heterocycles. The molecule has 5 heteroatoms. The Balaban J connectivity index is 2.38. The Kier molecular flexibility index (Phi) is 3.35. The van der Waals surface area contributed by atoms with E-state index in [0.29, 0.717) is 13.0 Å². The molecule has 80 valence electrons. The number of fused-ring (bicyclic) bond motifs is 1. The van der Waals surface area contributed by atoms with Crippen molar-refractivity contribution in [2.45, 2.75) is 12.5 Å². The summed E-state index contributed by atoms with van der Waals surface area (Å²) in [4.78, 5) is 4.36. The molecule has 2 aromatic rings. The minimum Gasteiger partial charge on any atom is -0.386 e. The molecule has 2 rings (SSSR count). The van der Waals surface area contributed by atoms with Gasteiger partial charge in [0.25, 0.3) is 0 Å². The monoisotopic (exact) mass is 286 g/mol. The predicted octanol–water partition coefficient (Wildman–Crippen LogP) is 2.44. The lowest BCUT2D eigenvalue weighted by atomic mass is 10.3. The molecular weight excluding hydrogens is 276 g/mol. The quantitative estimate of drug-likeness (QED) is 0.911. The molecular formula is C10H11BrN2OS. The van der Waals surface area contributed by atoms with Crippen molar-refractivity contribution in [2.75, 3.05) is 6.54 Å². The largest absolute Gasteiger partial charge is 0.386 e. The van der Waals surface area contributed by atoms with E-state index >= 15 is 0 Å². The molecule has 0 aliphatic rings. The van der Waals surface area contributed by atoms with Crippen molar-refractivity contribution in [1.82, 2.24) is 4.98 Å². The molecule has 0 spiro atoms. The molecule has 0 saturated carbocycles. The maximum atomic E-state index is 9.75. The Labute approximate surface area is 100 Å². The second-order valence-electron chi connectivity index (χ2n) is 3.26. The van der Waals surface area contributed by atoms with Gasteiger partial charge in [-0.2, -0.15) is 0 Å². The summed E-state index contributed by atoms with van der Waals surface area (Å²) in [6.07, 6.45) is 0.0206. The minimum atomic E-state index is -0.536. The van der Waals surface area contributed by atoms with Crippen molar-refractivity contribution in [3.05, 3.63) is 27.7 Å². The van der Waals surface area contributed by atoms with Crippen molar-refractivity contribution in [2.24, 2.45) is 5.73 Å². The van der Waals surface area contributed by atoms with Crippen LogP contribution in [0.4, 0.5) is 0 Å². The van der Waals surface area contributed by atoms with E-state index in [9.17, 15) is 5.11 Å². The summed E-state index contributed by atoms with van der Waals surface area (Å²) in [5.41, 5.74) is 6.32. The van der Waals surface area contributed by atoms with Gasteiger partial charge in [0, 0.05) is 4.47 Å². The summed E-state index contributed by atoms with van der Waals surface area (Å²) in [6.45, 7) is 0.473. The number of hydrogen-bond donors (Lipinski definition) is 2. The van der Waals surface area contributed by atoms with Gasteiger partial charge < -0.3 is 10.8 Å². The molecule has 3 nitrogen and oxygen atoms in total. The number of halogens is 1. The summed E-state index contributed by atoms with van der Waals surface area (Å²) in [6, 6.07) is 5.89. The van der Waals surface area contributed by atoms with E-state index in [1.54, 1.807) is 0 Å². The van der Waals surface area contributed by atoms with Crippen LogP contribution in [0.1, 0.15) is 17.5 Å². The van der Waals surface area contributed by atoms with Gasteiger partial charge in [0.2, 0.25) is 0 Å². The molecule has 1 aromatic heterocycles. The number of aliphatic hydroxyl groups excluding tert-OH is 1. The Bertz CT molecular complexity index is 471. The molecule has 0 bridgehead atoms. The van der Waals surface area contributed by atoms with Crippen molar-refractivity contribution in [1.29, 1.82) is 0 Å². The second-order valence-corrected chi connectivity index (χ2v) is 5.24. The SMILES string of the molecule is NCCC(O)c1nc2ccc(Br)cc2s1. The van der Waals surface area contributed by atoms with E-state index in [-0.39, 0.29) is 0 Å². The maximum Gasteiger partial charge on any atom is 0.123 e. The third-order valence-electron chi connectivity index (χ3n) is 2.09. The highest BCUT2D eigenvalue weighted by Gasteiger charge is 2.12. The first-order chi connectivity index (χ1) is 7.20. The van der Waals surface area contributed by atoms with E-state index in [0.717, 1.165) is 19.7 Å². The van der Waals surface area contributed by atoms with E-state index in [2.05, 4.69) is 20.9 Å². The highest BCUT2D eigenvalue weighted by molar-refractivity contribution is 9.10. The van der Waals surface area contributed by atoms with E-state index in [1.165, 1.54) is 11.3 Å². The minimum absolute atomic E-state index is 0.473. The zero-order chi connectivity index (χ0) is 10.8. The van der Waals surface area contributed by atoms with Crippen LogP contribution in [0.3, 0.4) is 0 Å². The molecule has 15 heavy (non-hydrogen) atoms. The van der Waals surface area contributed by atoms with Gasteiger partial charge in [-0.1, -0.05) is 15.9 Å². The van der Waals surface area contributed by atoms with Gasteiger partial charge in [0.1, 0.15) is 11.1 Å². The van der Waals surface area contributed by atoms with Crippen LogP contribution < -0.4 is 5.73 Å². The Morgan fingerprint density at radius 1 is 1.53 bits per heavy atom. The fraction of sp³-hybridized carbons (Fsp3) is 0.300. The van der Waals surface area contributed by atoms with Gasteiger partial charge in [-0.25, -0.2) is 4.98 Å². The number of hydrogen-bond acceptors (Lipinski definition) is 4. The fourth-order valence-electron chi connectivity index (χ4n) is 1.34. The summed E-state index contributed by atoms with van der Waals surface area (Å²) in [5, 5.41) is 10.5. The van der Waals surface area contributed by atoms with Crippen LogP contribution in [0.5, 0.6) is 0 Å². The first-order valence-corrected chi connectivity index (χ1v) is 6.26. The zero-order valence-electron chi connectivity index (χ0n) is 7.98. The summed E-state index contributed by atoms with van der Waals surface area (Å²) in [5.74, 6) is 0. The number of benzene rings is 1. The molecule has 1 atom stereocenters. The Hall–Kier alpha value is -0.490. The van der Waals surface area contributed by atoms with E-state index in [1.807, 2.05) is 18.2 Å². The summed E-state index contributed by atoms with van der Waals surface area (Å²) >= 11 is 4.92. The van der Waals surface area contributed by atoms with Gasteiger partial charge in [0.15, 0.2) is 0 Å². The molecule has 1 aromatic carbocycles. The van der Waals surface area contributed by atoms with Crippen molar-refractivity contribution >= 4 is 37.5 Å². The molecule has 3 N–H and O–H groups in total. The molecule has 1 unspecified atom stereocenters. The molecule has 0 aliphatic carbocycles. The van der Waals surface area contributed by atoms with Gasteiger partial charge in [-0.15, -0.1) is 11.3 Å². The lowest BCUT2D eigenvalue weighted by Crippen LogP contribution is -2.06. The topological polar surface area (TPSA) is 59.1 Å². The van der Waals surface area contributed by atoms with Crippen LogP contribution in [0.25, 0.3) is 10.2 Å². The third-order valence-corrected chi connectivity index (χ3v) is 3.70. The standard InChI is InChI=1S/C10H11BrN2OS/c11-6-1-2-7-9(5-6)15-10(13-7)8(14)3-4-12/h1-2,5,8,14H,3-4,12H2. The predicted molar refractivity (Wildman–Crippen MR) is 66.0 cm³/mol. The van der Waals surface area contributed by atoms with Crippen LogP contribution >= 0.6 is 27.3 Å². The van der Waals surface area contributed by atoms with Crippen LogP contribution in [-0.4, -0.2) is 16.6 Å². The first kappa shape index (κ1) is 11.0. The van der Waals surface area contributed by atoms with Crippen LogP contribution in [0.15, 0.2) is 22.7 Å². The van der Waals surface area contributed by atoms with E-state index < -0.39 is 6.10 Å². The fourth-order valence-corrected chi connectivity index (χ4v) is 2.88. The Morgan fingerprint density at radius 2 is 2.33 bits per heavy atom. The van der Waals surface area contributed by atoms with E-state index in [4.69, 9.17) is 5.73 Å². The molecule has 0 saturated heterocycles. The third kappa shape index (κ3) is 2.36. The van der Waals surface area contributed by atoms with Gasteiger partial charge in [-0.3, -0.25) is 0 Å². The smallest absolute Gasteiger partial charge is 0.123 e. The normalized spacial score (nSPS) is 13.3. The van der Waals surface area contributed by atoms with Crippen molar-refractivity contribution in [3.63, 3.8) is 0 Å². The second kappa shape index (κ2) is 4.57. The number of nitrogens with two attached hydrogens (primary N) is 1. The summed E-state index contributed by atoms with van der Waals surface area (Å²) < 4.78 is 2.11. The lowest BCUT2D eigenvalue weighted by molar-refractivity contribution is 0.170. The van der Waals surface area contributed by atoms with Gasteiger partial charge >= 0.3 is 0 Å². The lowest BCUT2D eigenvalue weighted by Gasteiger charge is -2.03. The molecule has 1 heterocycles. The average Bonchev–Trinajstić information content (AvgIpc) is 2.60. The number of aromatic nitrogens is 1. The number of nitrogens with zero attached hydrogens (tertiary/aromatic N) is 1. The maximum absolute atomic E-state index is 9.75. The zero-order valence-corrected chi connectivity index (χ0v) is 10.4. The highest BCUT2D eigenvalue weighted by Crippen LogP contribution is 2.29. The van der Waals surface area contributed by atoms with Gasteiger partial charge in [0.05, 0.1) is 10.2 Å². The Morgan fingerprint density at radius 3 is 3.07 bits per heavy atom.